The van der Waals surface area contributed by atoms with Crippen LogP contribution in [0.1, 0.15) is 46.5 Å². The molecule has 2 rings (SSSR count). The van der Waals surface area contributed by atoms with Crippen LogP contribution in [-0.4, -0.2) is 66.2 Å². The van der Waals surface area contributed by atoms with Crippen LogP contribution in [0, 0.1) is 0 Å². The maximum atomic E-state index is 12.7. The van der Waals surface area contributed by atoms with Gasteiger partial charge in [0.15, 0.2) is 0 Å². The molecule has 22 heavy (non-hydrogen) atoms. The maximum absolute atomic E-state index is 12.7. The van der Waals surface area contributed by atoms with E-state index in [0.717, 1.165) is 38.8 Å². The molecule has 1 atom stereocenters. The molecule has 2 aliphatic heterocycles. The summed E-state index contributed by atoms with van der Waals surface area (Å²) < 4.78 is 5.43. The third-order valence-corrected chi connectivity index (χ3v) is 4.38. The van der Waals surface area contributed by atoms with Crippen molar-refractivity contribution >= 4 is 12.0 Å². The van der Waals surface area contributed by atoms with Crippen molar-refractivity contribution in [1.29, 1.82) is 0 Å². The largest absolute Gasteiger partial charge is 0.444 e. The summed E-state index contributed by atoms with van der Waals surface area (Å²) in [5, 5.41) is 3.26. The molecular weight excluding hydrogens is 282 g/mol. The van der Waals surface area contributed by atoms with E-state index in [0.29, 0.717) is 12.6 Å². The Morgan fingerprint density at radius 1 is 1.09 bits per heavy atom. The molecule has 0 bridgehead atoms. The molecule has 126 valence electrons. The topological polar surface area (TPSA) is 61.9 Å². The summed E-state index contributed by atoms with van der Waals surface area (Å²) in [5.74, 6) is 0.0814. The van der Waals surface area contributed by atoms with Gasteiger partial charge in [-0.15, -0.1) is 0 Å². The lowest BCUT2D eigenvalue weighted by molar-refractivity contribution is -0.137. The van der Waals surface area contributed by atoms with E-state index >= 15 is 0 Å². The van der Waals surface area contributed by atoms with Gasteiger partial charge in [0.2, 0.25) is 5.91 Å². The van der Waals surface area contributed by atoms with E-state index in [-0.39, 0.29) is 18.0 Å². The molecule has 1 unspecified atom stereocenters. The first kappa shape index (κ1) is 17.1. The number of rotatable bonds is 2. The van der Waals surface area contributed by atoms with Crippen LogP contribution >= 0.6 is 0 Å². The molecule has 0 aliphatic carbocycles. The SMILES string of the molecule is CNC1CCN(C(=O)C2CCCN2C(=O)OC(C)(C)C)CC1. The molecule has 0 radical (unpaired) electrons. The summed E-state index contributed by atoms with van der Waals surface area (Å²) in [4.78, 5) is 28.5. The molecule has 0 aromatic heterocycles. The van der Waals surface area contributed by atoms with E-state index in [1.165, 1.54) is 0 Å². The second-order valence-electron chi connectivity index (χ2n) is 7.22. The summed E-state index contributed by atoms with van der Waals surface area (Å²) >= 11 is 0. The number of amides is 2. The molecule has 0 aromatic rings. The van der Waals surface area contributed by atoms with Gasteiger partial charge < -0.3 is 15.0 Å². The fourth-order valence-corrected chi connectivity index (χ4v) is 3.16. The molecule has 2 saturated heterocycles. The Labute approximate surface area is 133 Å². The first-order valence-electron chi connectivity index (χ1n) is 8.27. The number of likely N-dealkylation sites (tertiary alicyclic amines) is 2. The number of carbonyl (C=O) groups is 2. The molecule has 0 saturated carbocycles. The average Bonchev–Trinajstić information content (AvgIpc) is 2.94. The summed E-state index contributed by atoms with van der Waals surface area (Å²) in [6, 6.07) is 0.149. The second kappa shape index (κ2) is 6.86. The zero-order valence-corrected chi connectivity index (χ0v) is 14.2. The summed E-state index contributed by atoms with van der Waals surface area (Å²) in [6.07, 6.45) is 3.18. The third-order valence-electron chi connectivity index (χ3n) is 4.38. The fourth-order valence-electron chi connectivity index (χ4n) is 3.16. The summed E-state index contributed by atoms with van der Waals surface area (Å²) in [7, 11) is 1.96. The summed E-state index contributed by atoms with van der Waals surface area (Å²) in [6.45, 7) is 7.69. The number of carbonyl (C=O) groups excluding carboxylic acids is 2. The van der Waals surface area contributed by atoms with Crippen molar-refractivity contribution in [3.8, 4) is 0 Å². The number of nitrogens with zero attached hydrogens (tertiary/aromatic N) is 2. The Morgan fingerprint density at radius 2 is 1.73 bits per heavy atom. The molecule has 2 aliphatic rings. The highest BCUT2D eigenvalue weighted by Gasteiger charge is 2.39. The van der Waals surface area contributed by atoms with Crippen LogP contribution in [0.15, 0.2) is 0 Å². The molecule has 6 nitrogen and oxygen atoms in total. The van der Waals surface area contributed by atoms with E-state index in [1.54, 1.807) is 4.90 Å². The van der Waals surface area contributed by atoms with Gasteiger partial charge in [-0.2, -0.15) is 0 Å². The van der Waals surface area contributed by atoms with Crippen molar-refractivity contribution in [2.75, 3.05) is 26.7 Å². The molecule has 2 fully saturated rings. The molecular formula is C16H29N3O3. The lowest BCUT2D eigenvalue weighted by Gasteiger charge is -2.35. The molecule has 0 aromatic carbocycles. The van der Waals surface area contributed by atoms with Gasteiger partial charge in [-0.3, -0.25) is 9.69 Å². The standard InChI is InChI=1S/C16H29N3O3/c1-16(2,3)22-15(21)19-9-5-6-13(19)14(20)18-10-7-12(17-4)8-11-18/h12-13,17H,5-11H2,1-4H3. The summed E-state index contributed by atoms with van der Waals surface area (Å²) in [5.41, 5.74) is -0.529. The van der Waals surface area contributed by atoms with Gasteiger partial charge in [0.25, 0.3) is 0 Å². The molecule has 2 amide bonds. The smallest absolute Gasteiger partial charge is 0.410 e. The van der Waals surface area contributed by atoms with E-state index in [1.807, 2.05) is 32.7 Å². The minimum absolute atomic E-state index is 0.0814. The van der Waals surface area contributed by atoms with Crippen LogP contribution in [0.3, 0.4) is 0 Å². The number of hydrogen-bond acceptors (Lipinski definition) is 4. The van der Waals surface area contributed by atoms with Gasteiger partial charge in [-0.05, 0) is 53.5 Å². The van der Waals surface area contributed by atoms with Gasteiger partial charge in [0.1, 0.15) is 11.6 Å². The van der Waals surface area contributed by atoms with E-state index < -0.39 is 5.60 Å². The predicted octanol–water partition coefficient (Wildman–Crippen LogP) is 1.60. The van der Waals surface area contributed by atoms with Crippen LogP contribution in [0.2, 0.25) is 0 Å². The first-order chi connectivity index (χ1) is 10.3. The number of hydrogen-bond donors (Lipinski definition) is 1. The van der Waals surface area contributed by atoms with Crippen molar-refractivity contribution in [3.05, 3.63) is 0 Å². The molecule has 6 heteroatoms. The van der Waals surface area contributed by atoms with Crippen molar-refractivity contribution in [3.63, 3.8) is 0 Å². The number of piperidine rings is 1. The predicted molar refractivity (Wildman–Crippen MR) is 84.6 cm³/mol. The number of nitrogens with one attached hydrogen (secondary N) is 1. The zero-order valence-electron chi connectivity index (χ0n) is 14.2. The zero-order chi connectivity index (χ0) is 16.3. The highest BCUT2D eigenvalue weighted by atomic mass is 16.6. The van der Waals surface area contributed by atoms with Gasteiger partial charge in [0.05, 0.1) is 0 Å². The fraction of sp³-hybridized carbons (Fsp3) is 0.875. The van der Waals surface area contributed by atoms with Gasteiger partial charge in [0, 0.05) is 25.7 Å². The van der Waals surface area contributed by atoms with Crippen LogP contribution in [-0.2, 0) is 9.53 Å². The van der Waals surface area contributed by atoms with Crippen molar-refractivity contribution in [2.45, 2.75) is 64.1 Å². The highest BCUT2D eigenvalue weighted by Crippen LogP contribution is 2.23. The molecule has 2 heterocycles. The Bertz CT molecular complexity index is 411. The van der Waals surface area contributed by atoms with E-state index in [2.05, 4.69) is 5.32 Å². The molecule has 0 spiro atoms. The van der Waals surface area contributed by atoms with Crippen LogP contribution < -0.4 is 5.32 Å². The normalized spacial score (nSPS) is 23.7. The third kappa shape index (κ3) is 4.12. The molecule has 1 N–H and O–H groups in total. The van der Waals surface area contributed by atoms with Crippen molar-refractivity contribution < 1.29 is 14.3 Å². The quantitative estimate of drug-likeness (QED) is 0.841. The Morgan fingerprint density at radius 3 is 2.27 bits per heavy atom. The van der Waals surface area contributed by atoms with Gasteiger partial charge >= 0.3 is 6.09 Å². The van der Waals surface area contributed by atoms with Crippen molar-refractivity contribution in [2.24, 2.45) is 0 Å². The van der Waals surface area contributed by atoms with Gasteiger partial charge in [-0.1, -0.05) is 0 Å². The minimum atomic E-state index is -0.529. The van der Waals surface area contributed by atoms with Crippen molar-refractivity contribution in [1.82, 2.24) is 15.1 Å². The average molecular weight is 311 g/mol. The monoisotopic (exact) mass is 311 g/mol. The Hall–Kier alpha value is -1.30. The lowest BCUT2D eigenvalue weighted by Crippen LogP contribution is -2.52. The van der Waals surface area contributed by atoms with E-state index in [9.17, 15) is 9.59 Å². The van der Waals surface area contributed by atoms with Gasteiger partial charge in [-0.25, -0.2) is 4.79 Å². The highest BCUT2D eigenvalue weighted by molar-refractivity contribution is 5.86. The maximum Gasteiger partial charge on any atom is 0.410 e. The van der Waals surface area contributed by atoms with Crippen LogP contribution in [0.25, 0.3) is 0 Å². The lowest BCUT2D eigenvalue weighted by atomic mass is 10.0. The second-order valence-corrected chi connectivity index (χ2v) is 7.22. The number of ether oxygens (including phenoxy) is 1. The minimum Gasteiger partial charge on any atom is -0.444 e. The Balaban J connectivity index is 1.95. The first-order valence-corrected chi connectivity index (χ1v) is 8.27. The van der Waals surface area contributed by atoms with Crippen LogP contribution in [0.4, 0.5) is 4.79 Å². The Kier molecular flexibility index (Phi) is 5.32. The van der Waals surface area contributed by atoms with Crippen LogP contribution in [0.5, 0.6) is 0 Å². The van der Waals surface area contributed by atoms with E-state index in [4.69, 9.17) is 4.74 Å².